The number of rotatable bonds is 5. The first-order valence-electron chi connectivity index (χ1n) is 9.95. The lowest BCUT2D eigenvalue weighted by molar-refractivity contribution is 0.462. The number of hydrogen-bond acceptors (Lipinski definition) is 3. The smallest absolute Gasteiger partial charge is 0.191 e. The Labute approximate surface area is 191 Å². The van der Waals surface area contributed by atoms with Gasteiger partial charge in [-0.05, 0) is 55.8 Å². The first-order valence-corrected chi connectivity index (χ1v) is 10.8. The summed E-state index contributed by atoms with van der Waals surface area (Å²) in [4.78, 5) is 6.96. The number of halogens is 3. The van der Waals surface area contributed by atoms with Gasteiger partial charge in [0, 0.05) is 43.2 Å². The van der Waals surface area contributed by atoms with Crippen LogP contribution in [0.15, 0.2) is 40.7 Å². The van der Waals surface area contributed by atoms with Crippen molar-refractivity contribution in [2.75, 3.05) is 24.5 Å². The average Bonchev–Trinajstić information content (AvgIpc) is 3.20. The second-order valence-electron chi connectivity index (χ2n) is 7.41. The zero-order chi connectivity index (χ0) is 19.5. The van der Waals surface area contributed by atoms with Crippen LogP contribution < -0.4 is 15.5 Å². The molecule has 2 unspecified atom stereocenters. The van der Waals surface area contributed by atoms with Crippen molar-refractivity contribution >= 4 is 46.3 Å². The molecule has 29 heavy (non-hydrogen) atoms. The van der Waals surface area contributed by atoms with E-state index in [0.717, 1.165) is 38.3 Å². The van der Waals surface area contributed by atoms with Crippen molar-refractivity contribution in [3.05, 3.63) is 52.9 Å². The Morgan fingerprint density at radius 2 is 1.86 bits per heavy atom. The zero-order valence-electron chi connectivity index (χ0n) is 16.4. The maximum Gasteiger partial charge on any atom is 0.191 e. The predicted molar refractivity (Wildman–Crippen MR) is 127 cm³/mol. The summed E-state index contributed by atoms with van der Waals surface area (Å²) in [5.41, 5.74) is 0.195. The van der Waals surface area contributed by atoms with Crippen LogP contribution in [0.4, 0.5) is 13.8 Å². The van der Waals surface area contributed by atoms with E-state index in [0.29, 0.717) is 12.6 Å². The van der Waals surface area contributed by atoms with Crippen LogP contribution in [0.25, 0.3) is 0 Å². The minimum Gasteiger partial charge on any atom is -0.363 e. The monoisotopic (exact) mass is 532 g/mol. The van der Waals surface area contributed by atoms with Gasteiger partial charge < -0.3 is 15.5 Å². The van der Waals surface area contributed by atoms with Crippen molar-refractivity contribution in [1.82, 2.24) is 10.6 Å². The second kappa shape index (κ2) is 10.1. The minimum atomic E-state index is -0.461. The van der Waals surface area contributed by atoms with Crippen LogP contribution in [0.1, 0.15) is 37.7 Å². The molecular formula is C21H27F2IN4S. The van der Waals surface area contributed by atoms with E-state index in [1.807, 2.05) is 6.92 Å². The fraction of sp³-hybridized carbons (Fsp3) is 0.476. The number of benzene rings is 1. The topological polar surface area (TPSA) is 39.7 Å². The average molecular weight is 532 g/mol. The molecule has 1 saturated carbocycles. The highest BCUT2D eigenvalue weighted by Gasteiger charge is 2.42. The van der Waals surface area contributed by atoms with E-state index in [1.54, 1.807) is 11.3 Å². The number of piperidine rings is 1. The standard InChI is InChI=1S/C21H26F2N4S.HI/c1-2-24-21(25-14-8-10-27(11-9-14)19-7-4-12-28-19)26-18-13-15(18)20-16(22)5-3-6-17(20)23;/h3-7,12,14-15,18H,2,8-11,13H2,1H3,(H2,24,25,26);1H. The summed E-state index contributed by atoms with van der Waals surface area (Å²) in [7, 11) is 0. The molecule has 2 aromatic rings. The van der Waals surface area contributed by atoms with E-state index in [1.165, 1.54) is 23.2 Å². The summed E-state index contributed by atoms with van der Waals surface area (Å²) >= 11 is 1.78. The molecule has 1 aromatic carbocycles. The molecule has 2 heterocycles. The molecule has 0 radical (unpaired) electrons. The Kier molecular flexibility index (Phi) is 7.72. The summed E-state index contributed by atoms with van der Waals surface area (Å²) in [6.45, 7) is 4.69. The van der Waals surface area contributed by atoms with Crippen LogP contribution in [0, 0.1) is 11.6 Å². The molecule has 2 aliphatic rings. The van der Waals surface area contributed by atoms with Crippen LogP contribution in [0.3, 0.4) is 0 Å². The van der Waals surface area contributed by atoms with Gasteiger partial charge in [0.1, 0.15) is 11.6 Å². The summed E-state index contributed by atoms with van der Waals surface area (Å²) in [5.74, 6) is -0.304. The fourth-order valence-corrected chi connectivity index (χ4v) is 4.68. The van der Waals surface area contributed by atoms with Gasteiger partial charge in [-0.15, -0.1) is 35.3 Å². The van der Waals surface area contributed by atoms with Crippen LogP contribution in [0.2, 0.25) is 0 Å². The Morgan fingerprint density at radius 1 is 1.14 bits per heavy atom. The van der Waals surface area contributed by atoms with E-state index in [-0.39, 0.29) is 41.5 Å². The molecule has 1 aromatic heterocycles. The molecule has 0 bridgehead atoms. The number of hydrogen-bond donors (Lipinski definition) is 2. The van der Waals surface area contributed by atoms with E-state index in [9.17, 15) is 8.78 Å². The van der Waals surface area contributed by atoms with Crippen LogP contribution in [-0.4, -0.2) is 37.7 Å². The summed E-state index contributed by atoms with van der Waals surface area (Å²) in [6.07, 6.45) is 2.80. The molecule has 1 aliphatic carbocycles. The molecule has 4 nitrogen and oxygen atoms in total. The number of anilines is 1. The molecule has 0 amide bonds. The lowest BCUT2D eigenvalue weighted by atomic mass is 10.1. The maximum absolute atomic E-state index is 14.0. The Bertz CT molecular complexity index is 802. The highest BCUT2D eigenvalue weighted by Crippen LogP contribution is 2.43. The number of thiophene rings is 1. The van der Waals surface area contributed by atoms with Crippen molar-refractivity contribution in [3.63, 3.8) is 0 Å². The highest BCUT2D eigenvalue weighted by molar-refractivity contribution is 14.0. The lowest BCUT2D eigenvalue weighted by Crippen LogP contribution is -2.49. The van der Waals surface area contributed by atoms with Crippen LogP contribution in [0.5, 0.6) is 0 Å². The third-order valence-electron chi connectivity index (χ3n) is 5.45. The van der Waals surface area contributed by atoms with Gasteiger partial charge in [0.15, 0.2) is 5.96 Å². The van der Waals surface area contributed by atoms with Crippen molar-refractivity contribution in [1.29, 1.82) is 0 Å². The van der Waals surface area contributed by atoms with E-state index >= 15 is 0 Å². The quantitative estimate of drug-likeness (QED) is 0.333. The van der Waals surface area contributed by atoms with Crippen molar-refractivity contribution in [3.8, 4) is 0 Å². The van der Waals surface area contributed by atoms with Crippen molar-refractivity contribution in [2.24, 2.45) is 4.99 Å². The summed E-state index contributed by atoms with van der Waals surface area (Å²) < 4.78 is 28.0. The van der Waals surface area contributed by atoms with Crippen LogP contribution in [-0.2, 0) is 0 Å². The van der Waals surface area contributed by atoms with Gasteiger partial charge in [-0.25, -0.2) is 8.78 Å². The molecule has 1 aliphatic heterocycles. The van der Waals surface area contributed by atoms with Gasteiger partial charge in [0.05, 0.1) is 5.00 Å². The lowest BCUT2D eigenvalue weighted by Gasteiger charge is -2.33. The maximum atomic E-state index is 14.0. The molecule has 1 saturated heterocycles. The Morgan fingerprint density at radius 3 is 2.48 bits per heavy atom. The SMILES string of the molecule is CCN=C(NC1CCN(c2cccs2)CC1)NC1CC1c1c(F)cccc1F.I. The third kappa shape index (κ3) is 5.39. The van der Waals surface area contributed by atoms with Gasteiger partial charge in [0.2, 0.25) is 0 Å². The summed E-state index contributed by atoms with van der Waals surface area (Å²) in [5, 5.41) is 10.3. The Balaban J connectivity index is 0.00000240. The fourth-order valence-electron chi connectivity index (χ4n) is 3.89. The molecule has 2 fully saturated rings. The van der Waals surface area contributed by atoms with Crippen molar-refractivity contribution < 1.29 is 8.78 Å². The van der Waals surface area contributed by atoms with E-state index in [4.69, 9.17) is 0 Å². The first kappa shape index (κ1) is 22.3. The van der Waals surface area contributed by atoms with Crippen LogP contribution >= 0.6 is 35.3 Å². The molecule has 0 spiro atoms. The number of nitrogens with one attached hydrogen (secondary N) is 2. The number of aliphatic imine (C=N–C) groups is 1. The normalized spacial score (nSPS) is 22.2. The predicted octanol–water partition coefficient (Wildman–Crippen LogP) is 4.72. The van der Waals surface area contributed by atoms with Crippen molar-refractivity contribution in [2.45, 2.75) is 44.2 Å². The Hall–Kier alpha value is -1.42. The molecular weight excluding hydrogens is 505 g/mol. The van der Waals surface area contributed by atoms with E-state index in [2.05, 4.69) is 38.0 Å². The third-order valence-corrected chi connectivity index (χ3v) is 6.38. The largest absolute Gasteiger partial charge is 0.363 e. The molecule has 2 N–H and O–H groups in total. The van der Waals surface area contributed by atoms with Gasteiger partial charge in [-0.2, -0.15) is 0 Å². The highest BCUT2D eigenvalue weighted by atomic mass is 127. The first-order chi connectivity index (χ1) is 13.7. The van der Waals surface area contributed by atoms with E-state index < -0.39 is 11.6 Å². The van der Waals surface area contributed by atoms with Gasteiger partial charge in [0.25, 0.3) is 0 Å². The molecule has 4 rings (SSSR count). The van der Waals surface area contributed by atoms with Gasteiger partial charge in [-0.3, -0.25) is 4.99 Å². The second-order valence-corrected chi connectivity index (χ2v) is 8.33. The zero-order valence-corrected chi connectivity index (χ0v) is 19.6. The summed E-state index contributed by atoms with van der Waals surface area (Å²) in [6, 6.07) is 8.70. The minimum absolute atomic E-state index is 0. The number of guanidine groups is 1. The molecule has 158 valence electrons. The molecule has 8 heteroatoms. The molecule has 2 atom stereocenters. The van der Waals surface area contributed by atoms with Gasteiger partial charge in [-0.1, -0.05) is 6.07 Å². The number of nitrogens with zero attached hydrogens (tertiary/aromatic N) is 2. The van der Waals surface area contributed by atoms with Gasteiger partial charge >= 0.3 is 0 Å².